The first-order chi connectivity index (χ1) is 20.5. The van der Waals surface area contributed by atoms with Gasteiger partial charge in [-0.15, -0.1) is 0 Å². The molecular formula is C32H35ClN4O5. The average Bonchev–Trinajstić information content (AvgIpc) is 3.01. The quantitative estimate of drug-likeness (QED) is 0.307. The lowest BCUT2D eigenvalue weighted by Crippen LogP contribution is -2.47. The van der Waals surface area contributed by atoms with E-state index in [-0.39, 0.29) is 43.0 Å². The summed E-state index contributed by atoms with van der Waals surface area (Å²) >= 11 is 6.19. The van der Waals surface area contributed by atoms with Crippen molar-refractivity contribution in [2.24, 2.45) is 0 Å². The summed E-state index contributed by atoms with van der Waals surface area (Å²) in [4.78, 5) is 46.2. The highest BCUT2D eigenvalue weighted by atomic mass is 35.5. The molecular weight excluding hydrogens is 556 g/mol. The molecule has 220 valence electrons. The maximum atomic E-state index is 14.0. The molecule has 0 radical (unpaired) electrons. The molecule has 3 aromatic rings. The molecule has 2 aromatic carbocycles. The Morgan fingerprint density at radius 2 is 1.69 bits per heavy atom. The molecule has 3 amide bonds. The van der Waals surface area contributed by atoms with E-state index in [4.69, 9.17) is 21.1 Å². The van der Waals surface area contributed by atoms with Crippen molar-refractivity contribution in [3.05, 3.63) is 77.4 Å². The van der Waals surface area contributed by atoms with Crippen LogP contribution in [0.4, 0.5) is 11.5 Å². The van der Waals surface area contributed by atoms with Gasteiger partial charge in [0.25, 0.3) is 0 Å². The minimum Gasteiger partial charge on any atom is -0.486 e. The summed E-state index contributed by atoms with van der Waals surface area (Å²) in [5.74, 6) is 0.745. The Morgan fingerprint density at radius 1 is 0.929 bits per heavy atom. The number of ether oxygens (including phenoxy) is 2. The molecule has 0 bridgehead atoms. The second kappa shape index (κ2) is 14.2. The van der Waals surface area contributed by atoms with Crippen LogP contribution in [0.5, 0.6) is 11.5 Å². The molecule has 2 N–H and O–H groups in total. The van der Waals surface area contributed by atoms with Gasteiger partial charge in [-0.1, -0.05) is 49.1 Å². The number of rotatable bonds is 10. The van der Waals surface area contributed by atoms with Crippen molar-refractivity contribution < 1.29 is 23.9 Å². The Morgan fingerprint density at radius 3 is 2.43 bits per heavy atom. The van der Waals surface area contributed by atoms with Crippen LogP contribution in [0.1, 0.15) is 63.0 Å². The topological polar surface area (TPSA) is 110 Å². The molecule has 0 unspecified atom stereocenters. The first kappa shape index (κ1) is 29.4. The fraction of sp³-hybridized carbons (Fsp3) is 0.375. The molecule has 1 atom stereocenters. The lowest BCUT2D eigenvalue weighted by molar-refractivity contribution is -0.127. The van der Waals surface area contributed by atoms with Crippen molar-refractivity contribution in [1.82, 2.24) is 10.3 Å². The van der Waals surface area contributed by atoms with Gasteiger partial charge in [-0.25, -0.2) is 4.98 Å². The van der Waals surface area contributed by atoms with E-state index in [1.54, 1.807) is 66.9 Å². The molecule has 0 spiro atoms. The van der Waals surface area contributed by atoms with E-state index in [0.717, 1.165) is 32.1 Å². The zero-order valence-electron chi connectivity index (χ0n) is 23.4. The van der Waals surface area contributed by atoms with Gasteiger partial charge in [-0.3, -0.25) is 19.3 Å². The summed E-state index contributed by atoms with van der Waals surface area (Å²) in [7, 11) is 0. The molecule has 1 aromatic heterocycles. The van der Waals surface area contributed by atoms with Crippen LogP contribution in [0.2, 0.25) is 5.02 Å². The zero-order valence-corrected chi connectivity index (χ0v) is 24.1. The predicted molar refractivity (Wildman–Crippen MR) is 161 cm³/mol. The second-order valence-corrected chi connectivity index (χ2v) is 10.9. The summed E-state index contributed by atoms with van der Waals surface area (Å²) in [6.07, 6.45) is 7.13. The molecule has 2 heterocycles. The predicted octanol–water partition coefficient (Wildman–Crippen LogP) is 5.84. The minimum atomic E-state index is -0.957. The lowest BCUT2D eigenvalue weighted by Gasteiger charge is -2.34. The normalized spacial score (nSPS) is 15.4. The summed E-state index contributed by atoms with van der Waals surface area (Å²) in [5.41, 5.74) is 1.13. The van der Waals surface area contributed by atoms with Gasteiger partial charge in [0.1, 0.15) is 25.1 Å². The van der Waals surface area contributed by atoms with Crippen molar-refractivity contribution in [2.75, 3.05) is 23.4 Å². The monoisotopic (exact) mass is 590 g/mol. The molecule has 10 heteroatoms. The number of hydrogen-bond donors (Lipinski definition) is 2. The minimum absolute atomic E-state index is 0.0465. The largest absolute Gasteiger partial charge is 0.486 e. The SMILES string of the molecule is O=C(CCCC(=O)N(c1ccc2c(c1)OCCO2)[C@@H](C(=O)NC1CCCCC1)c1ccc(Cl)cc1)Nc1ccccn1. The van der Waals surface area contributed by atoms with E-state index in [1.165, 1.54) is 4.90 Å². The summed E-state index contributed by atoms with van der Waals surface area (Å²) in [6, 6.07) is 16.6. The Kier molecular flexibility index (Phi) is 9.92. The number of nitrogens with zero attached hydrogens (tertiary/aromatic N) is 2. The number of carbonyl (C=O) groups excluding carboxylic acids is 3. The van der Waals surface area contributed by atoms with Crippen LogP contribution >= 0.6 is 11.6 Å². The van der Waals surface area contributed by atoms with Gasteiger partial charge >= 0.3 is 0 Å². The second-order valence-electron chi connectivity index (χ2n) is 10.5. The maximum absolute atomic E-state index is 14.0. The van der Waals surface area contributed by atoms with Crippen molar-refractivity contribution in [3.8, 4) is 11.5 Å². The first-order valence-corrected chi connectivity index (χ1v) is 14.8. The molecule has 1 saturated carbocycles. The first-order valence-electron chi connectivity index (χ1n) is 14.5. The Labute approximate surface area is 250 Å². The average molecular weight is 591 g/mol. The number of fused-ring (bicyclic) bond motifs is 1. The summed E-state index contributed by atoms with van der Waals surface area (Å²) < 4.78 is 11.5. The van der Waals surface area contributed by atoms with Crippen molar-refractivity contribution in [2.45, 2.75) is 63.5 Å². The number of halogens is 1. The highest BCUT2D eigenvalue weighted by Gasteiger charge is 2.34. The third-order valence-electron chi connectivity index (χ3n) is 7.44. The number of hydrogen-bond acceptors (Lipinski definition) is 6. The number of amides is 3. The smallest absolute Gasteiger partial charge is 0.248 e. The highest BCUT2D eigenvalue weighted by Crippen LogP contribution is 2.38. The molecule has 5 rings (SSSR count). The van der Waals surface area contributed by atoms with Gasteiger partial charge in [-0.2, -0.15) is 0 Å². The molecule has 1 fully saturated rings. The standard InChI is InChI=1S/C32H35ClN4O5/c33-23-14-12-22(13-15-23)31(32(40)35-24-7-2-1-3-8-24)37(25-16-17-26-27(21-25)42-20-19-41-26)30(39)11-6-10-29(38)36-28-9-4-5-18-34-28/h4-5,9,12-18,21,24,31H,1-3,6-8,10-11,19-20H2,(H,35,40)(H,34,36,38)/t31-/m1/s1. The van der Waals surface area contributed by atoms with Gasteiger partial charge in [0.15, 0.2) is 11.5 Å². The van der Waals surface area contributed by atoms with E-state index in [9.17, 15) is 14.4 Å². The van der Waals surface area contributed by atoms with Crippen LogP contribution in [-0.4, -0.2) is 42.0 Å². The van der Waals surface area contributed by atoms with E-state index < -0.39 is 6.04 Å². The van der Waals surface area contributed by atoms with Crippen molar-refractivity contribution in [1.29, 1.82) is 0 Å². The fourth-order valence-electron chi connectivity index (χ4n) is 5.37. The molecule has 1 aliphatic heterocycles. The van der Waals surface area contributed by atoms with E-state index in [1.807, 2.05) is 0 Å². The summed E-state index contributed by atoms with van der Waals surface area (Å²) in [6.45, 7) is 0.825. The Hall–Kier alpha value is -4.11. The van der Waals surface area contributed by atoms with Gasteiger partial charge in [-0.05, 0) is 61.2 Å². The number of nitrogens with one attached hydrogen (secondary N) is 2. The van der Waals surface area contributed by atoms with Gasteiger partial charge in [0.2, 0.25) is 17.7 Å². The molecule has 9 nitrogen and oxygen atoms in total. The number of anilines is 2. The van der Waals surface area contributed by atoms with E-state index in [0.29, 0.717) is 46.8 Å². The highest BCUT2D eigenvalue weighted by molar-refractivity contribution is 6.30. The number of benzene rings is 2. The molecule has 42 heavy (non-hydrogen) atoms. The van der Waals surface area contributed by atoms with Crippen LogP contribution in [0.15, 0.2) is 66.9 Å². The van der Waals surface area contributed by atoms with Gasteiger partial charge in [0.05, 0.1) is 0 Å². The molecule has 2 aliphatic rings. The van der Waals surface area contributed by atoms with Crippen LogP contribution in [-0.2, 0) is 14.4 Å². The van der Waals surface area contributed by atoms with Crippen LogP contribution in [0.3, 0.4) is 0 Å². The van der Waals surface area contributed by atoms with E-state index in [2.05, 4.69) is 15.6 Å². The third kappa shape index (κ3) is 7.59. The van der Waals surface area contributed by atoms with Gasteiger partial charge < -0.3 is 20.1 Å². The molecule has 1 aliphatic carbocycles. The Bertz CT molecular complexity index is 1380. The Balaban J connectivity index is 1.42. The lowest BCUT2D eigenvalue weighted by atomic mass is 9.94. The van der Waals surface area contributed by atoms with Crippen LogP contribution in [0, 0.1) is 0 Å². The maximum Gasteiger partial charge on any atom is 0.248 e. The third-order valence-corrected chi connectivity index (χ3v) is 7.70. The number of pyridine rings is 1. The van der Waals surface area contributed by atoms with Crippen LogP contribution < -0.4 is 25.0 Å². The number of aromatic nitrogens is 1. The van der Waals surface area contributed by atoms with Gasteiger partial charge in [0, 0.05) is 41.9 Å². The van der Waals surface area contributed by atoms with Crippen molar-refractivity contribution >= 4 is 40.8 Å². The van der Waals surface area contributed by atoms with E-state index >= 15 is 0 Å². The zero-order chi connectivity index (χ0) is 29.3. The molecule has 0 saturated heterocycles. The van der Waals surface area contributed by atoms with Crippen LogP contribution in [0.25, 0.3) is 0 Å². The summed E-state index contributed by atoms with van der Waals surface area (Å²) in [5, 5.41) is 6.48. The fourth-order valence-corrected chi connectivity index (χ4v) is 5.50. The van der Waals surface area contributed by atoms with Crippen molar-refractivity contribution in [3.63, 3.8) is 0 Å². The number of carbonyl (C=O) groups is 3.